The molecule has 0 spiro atoms. The highest BCUT2D eigenvalue weighted by molar-refractivity contribution is 5.90. The van der Waals surface area contributed by atoms with Crippen LogP contribution in [-0.2, 0) is 0 Å². The number of anilines is 1. The molecule has 4 rings (SSSR count). The number of hydrogen-bond donors (Lipinski definition) is 2. The third-order valence-corrected chi connectivity index (χ3v) is 6.08. The number of hydrogen-bond acceptors (Lipinski definition) is 5. The Hall–Kier alpha value is -1.66. The molecular formula is C19H30N6. The number of aryl methyl sites for hydroxylation is 1. The van der Waals surface area contributed by atoms with Crippen molar-refractivity contribution in [2.75, 3.05) is 38.0 Å². The molecule has 0 aromatic carbocycles. The zero-order chi connectivity index (χ0) is 17.2. The maximum Gasteiger partial charge on any atom is 0.143 e. The van der Waals surface area contributed by atoms with Crippen molar-refractivity contribution in [1.29, 1.82) is 0 Å². The van der Waals surface area contributed by atoms with Gasteiger partial charge in [0.15, 0.2) is 0 Å². The van der Waals surface area contributed by atoms with E-state index in [0.717, 1.165) is 22.9 Å². The molecular weight excluding hydrogens is 312 g/mol. The van der Waals surface area contributed by atoms with Crippen LogP contribution in [0, 0.1) is 6.92 Å². The molecule has 6 nitrogen and oxygen atoms in total. The number of nitrogens with zero attached hydrogens (tertiary/aromatic N) is 4. The molecule has 2 aromatic rings. The first kappa shape index (κ1) is 16.8. The third kappa shape index (κ3) is 3.51. The van der Waals surface area contributed by atoms with E-state index in [1.54, 1.807) is 6.33 Å². The monoisotopic (exact) mass is 342 g/mol. The van der Waals surface area contributed by atoms with Crippen LogP contribution in [0.15, 0.2) is 12.5 Å². The molecule has 0 radical (unpaired) electrons. The highest BCUT2D eigenvalue weighted by atomic mass is 15.3. The second-order valence-corrected chi connectivity index (χ2v) is 7.54. The lowest BCUT2D eigenvalue weighted by Gasteiger charge is -2.42. The summed E-state index contributed by atoms with van der Waals surface area (Å²) in [6.45, 7) is 10.5. The Kier molecular flexibility index (Phi) is 4.90. The Labute approximate surface area is 150 Å². The second-order valence-electron chi connectivity index (χ2n) is 7.54. The van der Waals surface area contributed by atoms with Crippen LogP contribution in [0.4, 0.5) is 5.82 Å². The molecule has 0 amide bonds. The zero-order valence-corrected chi connectivity index (χ0v) is 15.5. The minimum Gasteiger partial charge on any atom is -0.367 e. The summed E-state index contributed by atoms with van der Waals surface area (Å²) in [4.78, 5) is 17.3. The van der Waals surface area contributed by atoms with Crippen molar-refractivity contribution in [3.05, 3.63) is 18.1 Å². The lowest BCUT2D eigenvalue weighted by molar-refractivity contribution is 0.0800. The standard InChI is InChI=1S/C19H30N6/c1-3-24-8-10-25(11-9-24)16-6-4-15(5-7-16)23-19-17-14(2)12-20-18(17)21-13-22-19/h12-13,15-16H,3-11H2,1-2H3,(H2,20,21,22,23)/t15-,16+. The number of H-pyrrole nitrogens is 1. The summed E-state index contributed by atoms with van der Waals surface area (Å²) in [7, 11) is 0. The van der Waals surface area contributed by atoms with E-state index in [9.17, 15) is 0 Å². The zero-order valence-electron chi connectivity index (χ0n) is 15.5. The van der Waals surface area contributed by atoms with Crippen LogP contribution >= 0.6 is 0 Å². The smallest absolute Gasteiger partial charge is 0.143 e. The van der Waals surface area contributed by atoms with E-state index in [1.165, 1.54) is 64.0 Å². The largest absolute Gasteiger partial charge is 0.367 e. The third-order valence-electron chi connectivity index (χ3n) is 6.08. The molecule has 0 unspecified atom stereocenters. The lowest BCUT2D eigenvalue weighted by Crippen LogP contribution is -2.51. The number of aromatic nitrogens is 3. The summed E-state index contributed by atoms with van der Waals surface area (Å²) in [5, 5.41) is 4.83. The van der Waals surface area contributed by atoms with Crippen molar-refractivity contribution < 1.29 is 0 Å². The topological polar surface area (TPSA) is 60.1 Å². The van der Waals surface area contributed by atoms with Crippen LogP contribution in [0.1, 0.15) is 38.2 Å². The molecule has 6 heteroatoms. The molecule has 2 aliphatic rings. The Morgan fingerprint density at radius 2 is 1.88 bits per heavy atom. The molecule has 1 aliphatic heterocycles. The fourth-order valence-corrected chi connectivity index (χ4v) is 4.45. The van der Waals surface area contributed by atoms with Crippen molar-refractivity contribution >= 4 is 16.9 Å². The molecule has 2 fully saturated rings. The van der Waals surface area contributed by atoms with Gasteiger partial charge in [0.25, 0.3) is 0 Å². The maximum atomic E-state index is 4.50. The highest BCUT2D eigenvalue weighted by Gasteiger charge is 2.28. The summed E-state index contributed by atoms with van der Waals surface area (Å²) in [5.41, 5.74) is 2.14. The Morgan fingerprint density at radius 1 is 1.12 bits per heavy atom. The van der Waals surface area contributed by atoms with Crippen molar-refractivity contribution in [3.63, 3.8) is 0 Å². The number of rotatable bonds is 4. The Morgan fingerprint density at radius 3 is 2.60 bits per heavy atom. The van der Waals surface area contributed by atoms with Crippen molar-refractivity contribution in [2.24, 2.45) is 0 Å². The van der Waals surface area contributed by atoms with Gasteiger partial charge in [-0.1, -0.05) is 6.92 Å². The Bertz CT molecular complexity index is 695. The van der Waals surface area contributed by atoms with E-state index in [2.05, 4.69) is 43.9 Å². The molecule has 1 saturated heterocycles. The van der Waals surface area contributed by atoms with Gasteiger partial charge in [-0.3, -0.25) is 4.90 Å². The minimum atomic E-state index is 0.528. The van der Waals surface area contributed by atoms with Gasteiger partial charge in [-0.2, -0.15) is 0 Å². The molecule has 136 valence electrons. The molecule has 0 atom stereocenters. The fraction of sp³-hybridized carbons (Fsp3) is 0.684. The van der Waals surface area contributed by atoms with Crippen molar-refractivity contribution in [2.45, 2.75) is 51.6 Å². The molecule has 25 heavy (non-hydrogen) atoms. The quantitative estimate of drug-likeness (QED) is 0.894. The summed E-state index contributed by atoms with van der Waals surface area (Å²) in [6, 6.07) is 1.30. The van der Waals surface area contributed by atoms with Gasteiger partial charge in [0.05, 0.1) is 5.39 Å². The SMILES string of the molecule is CCN1CCN([C@H]2CC[C@@H](Nc3ncnc4[nH]cc(C)c34)CC2)CC1. The predicted octanol–water partition coefficient (Wildman–Crippen LogP) is 2.63. The normalized spacial score (nSPS) is 26.2. The van der Waals surface area contributed by atoms with Gasteiger partial charge in [0.1, 0.15) is 17.8 Å². The van der Waals surface area contributed by atoms with Gasteiger partial charge in [0, 0.05) is 44.5 Å². The van der Waals surface area contributed by atoms with E-state index >= 15 is 0 Å². The summed E-state index contributed by atoms with van der Waals surface area (Å²) < 4.78 is 0. The molecule has 3 heterocycles. The van der Waals surface area contributed by atoms with Crippen LogP contribution < -0.4 is 5.32 Å². The van der Waals surface area contributed by atoms with Gasteiger partial charge in [-0.15, -0.1) is 0 Å². The van der Waals surface area contributed by atoms with E-state index in [-0.39, 0.29) is 0 Å². The molecule has 0 bridgehead atoms. The van der Waals surface area contributed by atoms with Crippen molar-refractivity contribution in [3.8, 4) is 0 Å². The summed E-state index contributed by atoms with van der Waals surface area (Å²) in [6.07, 6.45) is 8.71. The second kappa shape index (κ2) is 7.30. The van der Waals surface area contributed by atoms with E-state index in [4.69, 9.17) is 0 Å². The van der Waals surface area contributed by atoms with Gasteiger partial charge < -0.3 is 15.2 Å². The van der Waals surface area contributed by atoms with E-state index in [0.29, 0.717) is 6.04 Å². The van der Waals surface area contributed by atoms with Crippen LogP contribution in [0.2, 0.25) is 0 Å². The number of fused-ring (bicyclic) bond motifs is 1. The maximum absolute atomic E-state index is 4.50. The lowest BCUT2D eigenvalue weighted by atomic mass is 9.89. The van der Waals surface area contributed by atoms with Crippen LogP contribution in [-0.4, -0.2) is 69.6 Å². The highest BCUT2D eigenvalue weighted by Crippen LogP contribution is 2.29. The molecule has 2 N–H and O–H groups in total. The van der Waals surface area contributed by atoms with Crippen LogP contribution in [0.25, 0.3) is 11.0 Å². The minimum absolute atomic E-state index is 0.528. The van der Waals surface area contributed by atoms with Gasteiger partial charge in [0.2, 0.25) is 0 Å². The first-order valence-electron chi connectivity index (χ1n) is 9.76. The number of aromatic amines is 1. The average molecular weight is 342 g/mol. The first-order chi connectivity index (χ1) is 12.2. The molecule has 2 aromatic heterocycles. The van der Waals surface area contributed by atoms with Crippen LogP contribution in [0.3, 0.4) is 0 Å². The van der Waals surface area contributed by atoms with Crippen molar-refractivity contribution in [1.82, 2.24) is 24.8 Å². The molecule has 1 saturated carbocycles. The summed E-state index contributed by atoms with van der Waals surface area (Å²) in [5.74, 6) is 0.990. The van der Waals surface area contributed by atoms with Crippen LogP contribution in [0.5, 0.6) is 0 Å². The van der Waals surface area contributed by atoms with E-state index < -0.39 is 0 Å². The van der Waals surface area contributed by atoms with Gasteiger partial charge in [-0.25, -0.2) is 9.97 Å². The average Bonchev–Trinajstić information content (AvgIpc) is 3.05. The number of piperazine rings is 1. The van der Waals surface area contributed by atoms with E-state index in [1.807, 2.05) is 6.20 Å². The number of likely N-dealkylation sites (N-methyl/N-ethyl adjacent to an activating group) is 1. The first-order valence-corrected chi connectivity index (χ1v) is 9.76. The predicted molar refractivity (Wildman–Crippen MR) is 102 cm³/mol. The fourth-order valence-electron chi connectivity index (χ4n) is 4.45. The number of nitrogens with one attached hydrogen (secondary N) is 2. The van der Waals surface area contributed by atoms with Gasteiger partial charge in [-0.05, 0) is 44.7 Å². The molecule has 1 aliphatic carbocycles. The van der Waals surface area contributed by atoms with Gasteiger partial charge >= 0.3 is 0 Å². The Balaban J connectivity index is 1.34. The summed E-state index contributed by atoms with van der Waals surface area (Å²) >= 11 is 0.